The van der Waals surface area contributed by atoms with Gasteiger partial charge in [0.05, 0.1) is 18.4 Å². The quantitative estimate of drug-likeness (QED) is 0.602. The van der Waals surface area contributed by atoms with Crippen LogP contribution in [0.3, 0.4) is 0 Å². The minimum Gasteiger partial charge on any atom is -0.465 e. The zero-order chi connectivity index (χ0) is 20.9. The van der Waals surface area contributed by atoms with E-state index in [1.807, 2.05) is 95.3 Å². The van der Waals surface area contributed by atoms with Gasteiger partial charge in [-0.1, -0.05) is 88.4 Å². The highest BCUT2D eigenvalue weighted by Crippen LogP contribution is 2.17. The van der Waals surface area contributed by atoms with Crippen LogP contribution in [0.4, 0.5) is 0 Å². The summed E-state index contributed by atoms with van der Waals surface area (Å²) < 4.78 is 10.3. The largest absolute Gasteiger partial charge is 0.465 e. The van der Waals surface area contributed by atoms with E-state index in [1.165, 1.54) is 5.56 Å². The second kappa shape index (κ2) is 12.7. The van der Waals surface area contributed by atoms with Gasteiger partial charge in [0, 0.05) is 6.42 Å². The molecule has 0 heterocycles. The summed E-state index contributed by atoms with van der Waals surface area (Å²) in [5.74, 6) is -0.380. The van der Waals surface area contributed by atoms with Crippen molar-refractivity contribution < 1.29 is 19.1 Å². The van der Waals surface area contributed by atoms with E-state index in [2.05, 4.69) is 0 Å². The Bertz CT molecular complexity index is 693. The Morgan fingerprint density at radius 1 is 0.750 bits per heavy atom. The van der Waals surface area contributed by atoms with Crippen LogP contribution >= 0.6 is 0 Å². The van der Waals surface area contributed by atoms with Crippen LogP contribution in [0.1, 0.15) is 51.8 Å². The second-order valence-electron chi connectivity index (χ2n) is 7.20. The smallest absolute Gasteiger partial charge is 0.308 e. The number of benzene rings is 2. The molecule has 4 heteroatoms. The third kappa shape index (κ3) is 9.36. The molecule has 0 aliphatic heterocycles. The van der Waals surface area contributed by atoms with E-state index >= 15 is 0 Å². The Labute approximate surface area is 168 Å². The molecule has 0 radical (unpaired) electrons. The number of carbonyl (C=O) groups is 2. The van der Waals surface area contributed by atoms with Crippen molar-refractivity contribution in [1.82, 2.24) is 0 Å². The van der Waals surface area contributed by atoms with Crippen LogP contribution in [0.5, 0.6) is 0 Å². The van der Waals surface area contributed by atoms with Crippen LogP contribution in [0.2, 0.25) is 0 Å². The first-order valence-electron chi connectivity index (χ1n) is 9.77. The van der Waals surface area contributed by atoms with Crippen LogP contribution < -0.4 is 0 Å². The van der Waals surface area contributed by atoms with Gasteiger partial charge >= 0.3 is 11.9 Å². The van der Waals surface area contributed by atoms with Gasteiger partial charge in [-0.05, 0) is 18.1 Å². The van der Waals surface area contributed by atoms with E-state index in [0.29, 0.717) is 6.61 Å². The van der Waals surface area contributed by atoms with Crippen molar-refractivity contribution in [2.45, 2.75) is 47.1 Å². The number of hydrogen-bond acceptors (Lipinski definition) is 4. The first-order chi connectivity index (χ1) is 13.3. The predicted molar refractivity (Wildman–Crippen MR) is 112 cm³/mol. The zero-order valence-corrected chi connectivity index (χ0v) is 17.6. The predicted octanol–water partition coefficient (Wildman–Crippen LogP) is 5.38. The molecule has 152 valence electrons. The third-order valence-electron chi connectivity index (χ3n) is 3.98. The molecule has 0 saturated heterocycles. The molecule has 0 aliphatic carbocycles. The number of carbonyl (C=O) groups excluding carboxylic acids is 2. The van der Waals surface area contributed by atoms with E-state index in [4.69, 9.17) is 9.47 Å². The van der Waals surface area contributed by atoms with Crippen molar-refractivity contribution in [2.24, 2.45) is 11.8 Å². The van der Waals surface area contributed by atoms with Gasteiger partial charge in [0.2, 0.25) is 0 Å². The van der Waals surface area contributed by atoms with Crippen LogP contribution in [-0.4, -0.2) is 18.5 Å². The minimum atomic E-state index is -0.161. The molecule has 0 spiro atoms. The average molecular weight is 385 g/mol. The molecule has 0 N–H and O–H groups in total. The Morgan fingerprint density at radius 3 is 1.75 bits per heavy atom. The lowest BCUT2D eigenvalue weighted by molar-refractivity contribution is -0.152. The van der Waals surface area contributed by atoms with Crippen molar-refractivity contribution in [3.8, 4) is 0 Å². The molecule has 0 amide bonds. The molecule has 0 fully saturated rings. The van der Waals surface area contributed by atoms with Gasteiger partial charge in [0.25, 0.3) is 0 Å². The Hall–Kier alpha value is -2.62. The molecule has 0 saturated carbocycles. The molecular weight excluding hydrogens is 352 g/mol. The summed E-state index contributed by atoms with van der Waals surface area (Å²) in [4.78, 5) is 22.4. The average Bonchev–Trinajstić information content (AvgIpc) is 2.69. The topological polar surface area (TPSA) is 52.6 Å². The van der Waals surface area contributed by atoms with Gasteiger partial charge in [0.15, 0.2) is 0 Å². The molecule has 0 aliphatic rings. The first kappa shape index (κ1) is 23.4. The minimum absolute atomic E-state index is 0.0363. The lowest BCUT2D eigenvalue weighted by atomic mass is 10.1. The summed E-state index contributed by atoms with van der Waals surface area (Å²) in [6.07, 6.45) is 0.630. The highest BCUT2D eigenvalue weighted by molar-refractivity contribution is 5.72. The van der Waals surface area contributed by atoms with E-state index in [0.717, 1.165) is 12.0 Å². The molecule has 1 atom stereocenters. The Kier molecular flexibility index (Phi) is 10.6. The number of esters is 2. The monoisotopic (exact) mass is 384 g/mol. The summed E-state index contributed by atoms with van der Waals surface area (Å²) in [7, 11) is 0. The molecule has 28 heavy (non-hydrogen) atoms. The lowest BCUT2D eigenvalue weighted by Crippen LogP contribution is -2.14. The van der Waals surface area contributed by atoms with Crippen molar-refractivity contribution >= 4 is 11.9 Å². The maximum atomic E-state index is 11.3. The molecule has 2 aromatic rings. The number of ether oxygens (including phenoxy) is 2. The van der Waals surface area contributed by atoms with Crippen LogP contribution in [0.15, 0.2) is 60.7 Å². The molecule has 0 aromatic heterocycles. The van der Waals surface area contributed by atoms with E-state index in [-0.39, 0.29) is 29.9 Å². The molecule has 1 unspecified atom stereocenters. The van der Waals surface area contributed by atoms with Crippen molar-refractivity contribution in [3.63, 3.8) is 0 Å². The van der Waals surface area contributed by atoms with Gasteiger partial charge in [0.1, 0.15) is 6.10 Å². The van der Waals surface area contributed by atoms with E-state index in [1.54, 1.807) is 0 Å². The van der Waals surface area contributed by atoms with E-state index < -0.39 is 0 Å². The lowest BCUT2D eigenvalue weighted by Gasteiger charge is -2.14. The Balaban J connectivity index is 0.000000280. The first-order valence-corrected chi connectivity index (χ1v) is 9.77. The van der Waals surface area contributed by atoms with Crippen molar-refractivity contribution in [3.05, 3.63) is 71.8 Å². The highest BCUT2D eigenvalue weighted by atomic mass is 16.5. The fraction of sp³-hybridized carbons (Fsp3) is 0.417. The summed E-state index contributed by atoms with van der Waals surface area (Å²) in [5.41, 5.74) is 2.23. The summed E-state index contributed by atoms with van der Waals surface area (Å²) in [5, 5.41) is 0. The van der Waals surface area contributed by atoms with Crippen LogP contribution in [-0.2, 0) is 25.5 Å². The van der Waals surface area contributed by atoms with Crippen LogP contribution in [0, 0.1) is 11.8 Å². The maximum Gasteiger partial charge on any atom is 0.308 e. The molecule has 0 bridgehead atoms. The van der Waals surface area contributed by atoms with Crippen LogP contribution in [0.25, 0.3) is 0 Å². The SMILES string of the molecule is CC(C)C(=O)OC(C)c1ccccc1.CC(C)C(=O)OCCc1ccccc1. The number of rotatable bonds is 7. The van der Waals surface area contributed by atoms with Gasteiger partial charge in [-0.15, -0.1) is 0 Å². The maximum absolute atomic E-state index is 11.3. The molecular formula is C24H32O4. The van der Waals surface area contributed by atoms with Crippen molar-refractivity contribution in [1.29, 1.82) is 0 Å². The molecule has 4 nitrogen and oxygen atoms in total. The zero-order valence-electron chi connectivity index (χ0n) is 17.6. The van der Waals surface area contributed by atoms with E-state index in [9.17, 15) is 9.59 Å². The van der Waals surface area contributed by atoms with Gasteiger partial charge in [-0.2, -0.15) is 0 Å². The van der Waals surface area contributed by atoms with Gasteiger partial charge < -0.3 is 9.47 Å². The Morgan fingerprint density at radius 2 is 1.25 bits per heavy atom. The summed E-state index contributed by atoms with van der Waals surface area (Å²) in [6.45, 7) is 9.70. The third-order valence-corrected chi connectivity index (χ3v) is 3.98. The fourth-order valence-corrected chi connectivity index (χ4v) is 2.18. The second-order valence-corrected chi connectivity index (χ2v) is 7.20. The van der Waals surface area contributed by atoms with Crippen molar-refractivity contribution in [2.75, 3.05) is 6.61 Å². The molecule has 2 rings (SSSR count). The molecule has 2 aromatic carbocycles. The standard InChI is InChI=1S/2C12H16O2/c1-9(2)12(13)14-10(3)11-7-5-4-6-8-11;1-10(2)12(13)14-9-8-11-6-4-3-5-7-11/h4-10H,1-3H3;3-7,10H,8-9H2,1-2H3. The van der Waals surface area contributed by atoms with Gasteiger partial charge in [-0.3, -0.25) is 9.59 Å². The summed E-state index contributed by atoms with van der Waals surface area (Å²) >= 11 is 0. The van der Waals surface area contributed by atoms with Gasteiger partial charge in [-0.25, -0.2) is 0 Å². The normalized spacial score (nSPS) is 11.4. The highest BCUT2D eigenvalue weighted by Gasteiger charge is 2.13. The summed E-state index contributed by atoms with van der Waals surface area (Å²) in [6, 6.07) is 19.7. The fourth-order valence-electron chi connectivity index (χ4n) is 2.18. The number of hydrogen-bond donors (Lipinski definition) is 0.